The summed E-state index contributed by atoms with van der Waals surface area (Å²) in [5.74, 6) is 0.569. The van der Waals surface area contributed by atoms with Gasteiger partial charge in [-0.2, -0.15) is 5.10 Å². The minimum atomic E-state index is 0.569. The second kappa shape index (κ2) is 4.84. The minimum absolute atomic E-state index is 0.569. The summed E-state index contributed by atoms with van der Waals surface area (Å²) in [5, 5.41) is 4.17. The van der Waals surface area contributed by atoms with Crippen LogP contribution in [0.5, 0.6) is 0 Å². The van der Waals surface area contributed by atoms with Gasteiger partial charge in [0.2, 0.25) is 5.95 Å². The summed E-state index contributed by atoms with van der Waals surface area (Å²) in [5.41, 5.74) is 9.23. The lowest BCUT2D eigenvalue weighted by Gasteiger charge is -2.06. The van der Waals surface area contributed by atoms with Crippen LogP contribution in [0.1, 0.15) is 5.69 Å². The van der Waals surface area contributed by atoms with Crippen LogP contribution in [0.2, 0.25) is 0 Å². The topological polar surface area (TPSA) is 61.7 Å². The van der Waals surface area contributed by atoms with Crippen molar-refractivity contribution in [1.82, 2.24) is 19.3 Å². The zero-order chi connectivity index (χ0) is 13.4. The summed E-state index contributed by atoms with van der Waals surface area (Å²) in [6, 6.07) is 8.22. The Balaban J connectivity index is 1.92. The van der Waals surface area contributed by atoms with Gasteiger partial charge in [-0.3, -0.25) is 4.68 Å². The number of nitrogens with two attached hydrogens (primary N) is 1. The fraction of sp³-hybridized carbons (Fsp3) is 0.231. The average molecular weight is 367 g/mol. The van der Waals surface area contributed by atoms with Gasteiger partial charge < -0.3 is 10.3 Å². The van der Waals surface area contributed by atoms with E-state index >= 15 is 0 Å². The van der Waals surface area contributed by atoms with E-state index in [2.05, 4.69) is 49.4 Å². The Hall–Kier alpha value is -1.57. The van der Waals surface area contributed by atoms with Gasteiger partial charge in [0.15, 0.2) is 0 Å². The second-order valence-corrected chi connectivity index (χ2v) is 5.70. The van der Waals surface area contributed by atoms with Gasteiger partial charge in [-0.25, -0.2) is 4.98 Å². The molecular weight excluding hydrogens is 353 g/mol. The van der Waals surface area contributed by atoms with Crippen LogP contribution in [-0.2, 0) is 20.0 Å². The van der Waals surface area contributed by atoms with Crippen molar-refractivity contribution in [2.75, 3.05) is 5.73 Å². The largest absolute Gasteiger partial charge is 0.369 e. The number of rotatable bonds is 3. The van der Waals surface area contributed by atoms with Crippen molar-refractivity contribution < 1.29 is 0 Å². The Morgan fingerprint density at radius 1 is 1.32 bits per heavy atom. The molecule has 2 heterocycles. The Morgan fingerprint density at radius 2 is 2.16 bits per heavy atom. The summed E-state index contributed by atoms with van der Waals surface area (Å²) >= 11 is 2.28. The van der Waals surface area contributed by atoms with Crippen LogP contribution in [0.15, 0.2) is 30.5 Å². The molecule has 0 aliphatic rings. The molecule has 98 valence electrons. The summed E-state index contributed by atoms with van der Waals surface area (Å²) in [4.78, 5) is 4.41. The number of halogens is 1. The molecule has 0 saturated heterocycles. The van der Waals surface area contributed by atoms with Crippen LogP contribution in [0.25, 0.3) is 11.0 Å². The van der Waals surface area contributed by atoms with Crippen LogP contribution >= 0.6 is 22.6 Å². The standard InChI is InChI=1S/C13H14IN5/c1-18-10(4-6-16-18)5-7-19-12-3-2-9(14)8-11(12)17-13(19)15/h2-4,6,8H,5,7H2,1H3,(H2,15,17). The number of imidazole rings is 1. The zero-order valence-corrected chi connectivity index (χ0v) is 12.7. The van der Waals surface area contributed by atoms with Crippen LogP contribution in [0, 0.1) is 3.57 Å². The number of fused-ring (bicyclic) bond motifs is 1. The summed E-state index contributed by atoms with van der Waals surface area (Å²) < 4.78 is 5.11. The number of hydrogen-bond acceptors (Lipinski definition) is 3. The maximum absolute atomic E-state index is 6.01. The second-order valence-electron chi connectivity index (χ2n) is 4.45. The van der Waals surface area contributed by atoms with Crippen molar-refractivity contribution in [2.24, 2.45) is 7.05 Å². The Morgan fingerprint density at radius 3 is 2.89 bits per heavy atom. The third-order valence-electron chi connectivity index (χ3n) is 3.25. The van der Waals surface area contributed by atoms with Gasteiger partial charge in [0.1, 0.15) is 0 Å². The van der Waals surface area contributed by atoms with E-state index in [9.17, 15) is 0 Å². The number of hydrogen-bond donors (Lipinski definition) is 1. The molecule has 3 aromatic rings. The van der Waals surface area contributed by atoms with Gasteiger partial charge >= 0.3 is 0 Å². The SMILES string of the molecule is Cn1nccc1CCn1c(N)nc2cc(I)ccc21. The van der Waals surface area contributed by atoms with Crippen molar-refractivity contribution >= 4 is 39.6 Å². The predicted octanol–water partition coefficient (Wildman–Crippen LogP) is 2.20. The number of aromatic nitrogens is 4. The first-order valence-electron chi connectivity index (χ1n) is 6.03. The predicted molar refractivity (Wildman–Crippen MR) is 83.8 cm³/mol. The molecule has 0 unspecified atom stereocenters. The molecule has 1 aromatic carbocycles. The van der Waals surface area contributed by atoms with Crippen molar-refractivity contribution in [1.29, 1.82) is 0 Å². The van der Waals surface area contributed by atoms with Crippen LogP contribution in [-0.4, -0.2) is 19.3 Å². The highest BCUT2D eigenvalue weighted by atomic mass is 127. The monoisotopic (exact) mass is 367 g/mol. The molecule has 0 aliphatic heterocycles. The molecule has 0 atom stereocenters. The molecule has 0 spiro atoms. The van der Waals surface area contributed by atoms with Gasteiger partial charge in [0.05, 0.1) is 11.0 Å². The zero-order valence-electron chi connectivity index (χ0n) is 10.5. The molecule has 2 N–H and O–H groups in total. The first-order valence-corrected chi connectivity index (χ1v) is 7.11. The molecule has 5 nitrogen and oxygen atoms in total. The van der Waals surface area contributed by atoms with Crippen LogP contribution in [0.3, 0.4) is 0 Å². The summed E-state index contributed by atoms with van der Waals surface area (Å²) in [7, 11) is 1.95. The molecule has 0 radical (unpaired) electrons. The molecule has 0 amide bonds. The molecule has 0 saturated carbocycles. The van der Waals surface area contributed by atoms with Gasteiger partial charge in [-0.15, -0.1) is 0 Å². The van der Waals surface area contributed by atoms with E-state index in [0.717, 1.165) is 24.0 Å². The fourth-order valence-electron chi connectivity index (χ4n) is 2.23. The highest BCUT2D eigenvalue weighted by Gasteiger charge is 2.09. The summed E-state index contributed by atoms with van der Waals surface area (Å²) in [6.45, 7) is 0.808. The normalized spacial score (nSPS) is 11.3. The van der Waals surface area contributed by atoms with Crippen molar-refractivity contribution in [3.63, 3.8) is 0 Å². The lowest BCUT2D eigenvalue weighted by molar-refractivity contribution is 0.651. The average Bonchev–Trinajstić information content (AvgIpc) is 2.90. The quantitative estimate of drug-likeness (QED) is 0.722. The maximum Gasteiger partial charge on any atom is 0.201 e. The first-order chi connectivity index (χ1) is 9.15. The fourth-order valence-corrected chi connectivity index (χ4v) is 2.70. The van der Waals surface area contributed by atoms with Gasteiger partial charge in [-0.05, 0) is 46.9 Å². The van der Waals surface area contributed by atoms with Crippen LogP contribution in [0.4, 0.5) is 5.95 Å². The molecule has 6 heteroatoms. The van der Waals surface area contributed by atoms with Gasteiger partial charge in [0, 0.05) is 35.5 Å². The maximum atomic E-state index is 6.01. The van der Waals surface area contributed by atoms with E-state index in [1.165, 1.54) is 9.26 Å². The van der Waals surface area contributed by atoms with Crippen molar-refractivity contribution in [3.05, 3.63) is 39.7 Å². The molecular formula is C13H14IN5. The van der Waals surface area contributed by atoms with E-state index in [-0.39, 0.29) is 0 Å². The van der Waals surface area contributed by atoms with Gasteiger partial charge in [0.25, 0.3) is 0 Å². The highest BCUT2D eigenvalue weighted by Crippen LogP contribution is 2.20. The first kappa shape index (κ1) is 12.5. The minimum Gasteiger partial charge on any atom is -0.369 e. The Bertz CT molecular complexity index is 728. The number of nitrogen functional groups attached to an aromatic ring is 1. The van der Waals surface area contributed by atoms with E-state index in [0.29, 0.717) is 5.95 Å². The Labute approximate surface area is 124 Å². The van der Waals surface area contributed by atoms with Crippen molar-refractivity contribution in [2.45, 2.75) is 13.0 Å². The van der Waals surface area contributed by atoms with E-state index in [1.807, 2.05) is 30.1 Å². The third-order valence-corrected chi connectivity index (χ3v) is 3.92. The third kappa shape index (κ3) is 2.32. The van der Waals surface area contributed by atoms with Gasteiger partial charge in [-0.1, -0.05) is 0 Å². The lowest BCUT2D eigenvalue weighted by Crippen LogP contribution is -2.08. The van der Waals surface area contributed by atoms with Crippen molar-refractivity contribution in [3.8, 4) is 0 Å². The van der Waals surface area contributed by atoms with E-state index in [4.69, 9.17) is 5.73 Å². The highest BCUT2D eigenvalue weighted by molar-refractivity contribution is 14.1. The lowest BCUT2D eigenvalue weighted by atomic mass is 10.3. The molecule has 0 aliphatic carbocycles. The van der Waals surface area contributed by atoms with Crippen LogP contribution < -0.4 is 5.73 Å². The number of aryl methyl sites for hydroxylation is 3. The molecule has 0 bridgehead atoms. The number of benzene rings is 1. The smallest absolute Gasteiger partial charge is 0.201 e. The molecule has 0 fully saturated rings. The van der Waals surface area contributed by atoms with E-state index < -0.39 is 0 Å². The molecule has 2 aromatic heterocycles. The molecule has 19 heavy (non-hydrogen) atoms. The Kier molecular flexibility index (Phi) is 3.17. The summed E-state index contributed by atoms with van der Waals surface area (Å²) in [6.07, 6.45) is 2.70. The number of anilines is 1. The van der Waals surface area contributed by atoms with E-state index in [1.54, 1.807) is 0 Å². The number of nitrogens with zero attached hydrogens (tertiary/aromatic N) is 4. The molecule has 3 rings (SSSR count).